The first kappa shape index (κ1) is 24.8. The van der Waals surface area contributed by atoms with Crippen LogP contribution >= 0.6 is 23.2 Å². The second-order valence-corrected chi connectivity index (χ2v) is 9.26. The fourth-order valence-corrected chi connectivity index (χ4v) is 5.04. The lowest BCUT2D eigenvalue weighted by Gasteiger charge is -2.35. The molecule has 2 aliphatic rings. The summed E-state index contributed by atoms with van der Waals surface area (Å²) in [5, 5.41) is 20.1. The molecule has 172 valence electrons. The van der Waals surface area contributed by atoms with Gasteiger partial charge in [-0.2, -0.15) is 0 Å². The maximum Gasteiger partial charge on any atom is 0.185 e. The molecule has 0 saturated heterocycles. The third kappa shape index (κ3) is 4.76. The van der Waals surface area contributed by atoms with Crippen LogP contribution in [-0.2, 0) is 20.7 Å². The number of Topliss-reactive ketones (excluding diaryl/α,β-unsaturated/α-hetero) is 2. The molecule has 6 N–H and O–H groups in total. The first-order valence-electron chi connectivity index (χ1n) is 10.6. The van der Waals surface area contributed by atoms with E-state index in [-0.39, 0.29) is 11.6 Å². The standard InChI is InChI=1S/2C12H14ClNO2/c2*13-9-5-2-1-4-8(9)12(14)7-3-6-10(15)11(12)16/h2*1-2,4-5,10,15H,3,6-7,14H2/t2*10-,12+/m10/s1. The molecule has 0 unspecified atom stereocenters. The zero-order valence-corrected chi connectivity index (χ0v) is 19.1. The molecule has 0 heterocycles. The largest absolute Gasteiger partial charge is 0.385 e. The lowest BCUT2D eigenvalue weighted by Crippen LogP contribution is -2.52. The molecule has 2 aliphatic carbocycles. The van der Waals surface area contributed by atoms with Gasteiger partial charge in [0.25, 0.3) is 0 Å². The van der Waals surface area contributed by atoms with Crippen LogP contribution in [0.5, 0.6) is 0 Å². The van der Waals surface area contributed by atoms with Crippen molar-refractivity contribution in [3.05, 3.63) is 69.7 Å². The summed E-state index contributed by atoms with van der Waals surface area (Å²) in [5.74, 6) is -0.654. The highest BCUT2D eigenvalue weighted by atomic mass is 35.5. The van der Waals surface area contributed by atoms with Crippen LogP contribution in [0, 0.1) is 0 Å². The number of aliphatic hydroxyl groups excluding tert-OH is 2. The van der Waals surface area contributed by atoms with Gasteiger partial charge >= 0.3 is 0 Å². The molecule has 2 fully saturated rings. The molecular formula is C24H28Cl2N2O4. The summed E-state index contributed by atoms with van der Waals surface area (Å²) in [5.41, 5.74) is 11.2. The van der Waals surface area contributed by atoms with Crippen molar-refractivity contribution in [1.82, 2.24) is 0 Å². The van der Waals surface area contributed by atoms with E-state index in [4.69, 9.17) is 34.7 Å². The fourth-order valence-electron chi connectivity index (χ4n) is 4.43. The van der Waals surface area contributed by atoms with Crippen LogP contribution < -0.4 is 11.5 Å². The van der Waals surface area contributed by atoms with E-state index in [1.807, 2.05) is 0 Å². The average Bonchev–Trinajstić information content (AvgIpc) is 2.77. The van der Waals surface area contributed by atoms with Crippen LogP contribution in [0.4, 0.5) is 0 Å². The highest BCUT2D eigenvalue weighted by Gasteiger charge is 2.44. The molecular weight excluding hydrogens is 451 g/mol. The molecule has 0 aliphatic heterocycles. The zero-order valence-electron chi connectivity index (χ0n) is 17.6. The number of aliphatic hydroxyl groups is 2. The highest BCUT2D eigenvalue weighted by Crippen LogP contribution is 2.37. The first-order chi connectivity index (χ1) is 15.1. The number of rotatable bonds is 2. The van der Waals surface area contributed by atoms with Crippen molar-refractivity contribution in [2.75, 3.05) is 0 Å². The Bertz CT molecular complexity index is 922. The van der Waals surface area contributed by atoms with Crippen LogP contribution in [0.1, 0.15) is 49.7 Å². The molecule has 0 bridgehead atoms. The second kappa shape index (κ2) is 10.00. The Morgan fingerprint density at radius 2 is 1.06 bits per heavy atom. The van der Waals surface area contributed by atoms with E-state index < -0.39 is 23.3 Å². The van der Waals surface area contributed by atoms with E-state index in [1.165, 1.54) is 0 Å². The summed E-state index contributed by atoms with van der Waals surface area (Å²) in [6.07, 6.45) is 1.58. The van der Waals surface area contributed by atoms with E-state index >= 15 is 0 Å². The number of ketones is 2. The van der Waals surface area contributed by atoms with E-state index in [2.05, 4.69) is 0 Å². The third-order valence-electron chi connectivity index (χ3n) is 6.29. The van der Waals surface area contributed by atoms with Crippen LogP contribution in [0.15, 0.2) is 48.5 Å². The fraction of sp³-hybridized carbons (Fsp3) is 0.417. The number of hydrogen-bond donors (Lipinski definition) is 4. The minimum atomic E-state index is -1.13. The summed E-state index contributed by atoms with van der Waals surface area (Å²) in [4.78, 5) is 23.9. The molecule has 2 aromatic carbocycles. The van der Waals surface area contributed by atoms with E-state index in [0.29, 0.717) is 46.9 Å². The first-order valence-corrected chi connectivity index (χ1v) is 11.4. The smallest absolute Gasteiger partial charge is 0.185 e. The van der Waals surface area contributed by atoms with Gasteiger partial charge in [0.15, 0.2) is 11.6 Å². The van der Waals surface area contributed by atoms with Crippen LogP contribution in [0.2, 0.25) is 10.0 Å². The third-order valence-corrected chi connectivity index (χ3v) is 6.95. The molecule has 0 amide bonds. The molecule has 8 heteroatoms. The Morgan fingerprint density at radius 1 is 0.719 bits per heavy atom. The van der Waals surface area contributed by atoms with Crippen molar-refractivity contribution in [3.8, 4) is 0 Å². The van der Waals surface area contributed by atoms with Crippen molar-refractivity contribution in [2.45, 2.75) is 61.8 Å². The van der Waals surface area contributed by atoms with Gasteiger partial charge in [0, 0.05) is 10.0 Å². The van der Waals surface area contributed by atoms with Crippen LogP contribution in [0.3, 0.4) is 0 Å². The van der Waals surface area contributed by atoms with Crippen molar-refractivity contribution in [2.24, 2.45) is 11.5 Å². The lowest BCUT2D eigenvalue weighted by molar-refractivity contribution is -0.136. The summed E-state index contributed by atoms with van der Waals surface area (Å²) in [7, 11) is 0. The van der Waals surface area contributed by atoms with Gasteiger partial charge < -0.3 is 21.7 Å². The van der Waals surface area contributed by atoms with Gasteiger partial charge in [-0.05, 0) is 61.8 Å². The van der Waals surface area contributed by atoms with Gasteiger partial charge in [-0.1, -0.05) is 59.6 Å². The maximum atomic E-state index is 12.0. The summed E-state index contributed by atoms with van der Waals surface area (Å²) in [6, 6.07) is 14.1. The minimum absolute atomic E-state index is 0.327. The molecule has 32 heavy (non-hydrogen) atoms. The normalized spacial score (nSPS) is 30.4. The SMILES string of the molecule is N[C@@]1(c2ccccc2Cl)CCC[C@H](O)C1=O.N[C@]1(c2ccccc2Cl)CCC[C@@H](O)C1=O. The minimum Gasteiger partial charge on any atom is -0.385 e. The number of halogens is 2. The zero-order chi connectivity index (χ0) is 23.5. The molecule has 4 rings (SSSR count). The van der Waals surface area contributed by atoms with Gasteiger partial charge in [-0.3, -0.25) is 9.59 Å². The Balaban J connectivity index is 0.000000181. The van der Waals surface area contributed by atoms with Gasteiger partial charge in [-0.15, -0.1) is 0 Å². The molecule has 0 aromatic heterocycles. The van der Waals surface area contributed by atoms with Crippen LogP contribution in [-0.4, -0.2) is 34.0 Å². The quantitative estimate of drug-likeness (QED) is 0.524. The number of carbonyl (C=O) groups is 2. The second-order valence-electron chi connectivity index (χ2n) is 8.45. The predicted octanol–water partition coefficient (Wildman–Crippen LogP) is 3.22. The Kier molecular flexibility index (Phi) is 7.76. The van der Waals surface area contributed by atoms with Gasteiger partial charge in [0.1, 0.15) is 23.3 Å². The Labute approximate surface area is 197 Å². The molecule has 0 spiro atoms. The molecule has 4 atom stereocenters. The van der Waals surface area contributed by atoms with Gasteiger partial charge in [-0.25, -0.2) is 0 Å². The van der Waals surface area contributed by atoms with E-state index in [0.717, 1.165) is 12.8 Å². The molecule has 0 radical (unpaired) electrons. The van der Waals surface area contributed by atoms with Crippen molar-refractivity contribution >= 4 is 34.8 Å². The number of benzene rings is 2. The molecule has 6 nitrogen and oxygen atoms in total. The van der Waals surface area contributed by atoms with Crippen LogP contribution in [0.25, 0.3) is 0 Å². The summed E-state index contributed by atoms with van der Waals surface area (Å²) in [6.45, 7) is 0. The Morgan fingerprint density at radius 3 is 1.41 bits per heavy atom. The molecule has 2 aromatic rings. The monoisotopic (exact) mass is 478 g/mol. The maximum absolute atomic E-state index is 12.0. The highest BCUT2D eigenvalue weighted by molar-refractivity contribution is 6.32. The van der Waals surface area contributed by atoms with Crippen molar-refractivity contribution in [3.63, 3.8) is 0 Å². The lowest BCUT2D eigenvalue weighted by atomic mass is 9.75. The van der Waals surface area contributed by atoms with Crippen molar-refractivity contribution in [1.29, 1.82) is 0 Å². The topological polar surface area (TPSA) is 127 Å². The average molecular weight is 479 g/mol. The molecule has 2 saturated carbocycles. The van der Waals surface area contributed by atoms with E-state index in [9.17, 15) is 19.8 Å². The Hall–Kier alpha value is -1.80. The number of carbonyl (C=O) groups excluding carboxylic acids is 2. The van der Waals surface area contributed by atoms with E-state index in [1.54, 1.807) is 48.5 Å². The predicted molar refractivity (Wildman–Crippen MR) is 124 cm³/mol. The number of nitrogens with two attached hydrogens (primary N) is 2. The summed E-state index contributed by atoms with van der Waals surface area (Å²) < 4.78 is 0. The van der Waals surface area contributed by atoms with Gasteiger partial charge in [0.2, 0.25) is 0 Å². The summed E-state index contributed by atoms with van der Waals surface area (Å²) >= 11 is 12.1. The van der Waals surface area contributed by atoms with Gasteiger partial charge in [0.05, 0.1) is 0 Å². The van der Waals surface area contributed by atoms with Crippen molar-refractivity contribution < 1.29 is 19.8 Å². The number of hydrogen-bond acceptors (Lipinski definition) is 6.